The molecule has 0 atom stereocenters. The van der Waals surface area contributed by atoms with Crippen LogP contribution in [0.4, 0.5) is 5.82 Å². The van der Waals surface area contributed by atoms with E-state index < -0.39 is 0 Å². The van der Waals surface area contributed by atoms with Crippen molar-refractivity contribution in [2.45, 2.75) is 19.3 Å². The predicted molar refractivity (Wildman–Crippen MR) is 86.1 cm³/mol. The molecule has 0 amide bonds. The van der Waals surface area contributed by atoms with Crippen LogP contribution < -0.4 is 4.90 Å². The van der Waals surface area contributed by atoms with Gasteiger partial charge in [0.25, 0.3) is 0 Å². The summed E-state index contributed by atoms with van der Waals surface area (Å²) in [4.78, 5) is 7.18. The minimum atomic E-state index is 0.441. The summed E-state index contributed by atoms with van der Waals surface area (Å²) in [6.45, 7) is 4.03. The number of piperidine rings is 1. The molecule has 2 fully saturated rings. The van der Waals surface area contributed by atoms with Crippen molar-refractivity contribution in [3.05, 3.63) is 35.4 Å². The third-order valence-electron chi connectivity index (χ3n) is 5.00. The second-order valence-electron chi connectivity index (χ2n) is 6.27. The van der Waals surface area contributed by atoms with Gasteiger partial charge in [-0.2, -0.15) is 0 Å². The van der Waals surface area contributed by atoms with Crippen molar-refractivity contribution in [2.24, 2.45) is 5.41 Å². The van der Waals surface area contributed by atoms with Gasteiger partial charge in [0, 0.05) is 30.1 Å². The zero-order valence-electron chi connectivity index (χ0n) is 12.0. The number of fused-ring (bicyclic) bond motifs is 1. The second kappa shape index (κ2) is 5.15. The minimum absolute atomic E-state index is 0.441. The van der Waals surface area contributed by atoms with Crippen LogP contribution in [0.2, 0.25) is 5.02 Å². The smallest absolute Gasteiger partial charge is 0.129 e. The van der Waals surface area contributed by atoms with Crippen molar-refractivity contribution < 1.29 is 4.74 Å². The molecule has 110 valence electrons. The lowest BCUT2D eigenvalue weighted by Crippen LogP contribution is -2.40. The molecule has 2 saturated heterocycles. The Bertz CT molecular complexity index is 657. The van der Waals surface area contributed by atoms with Gasteiger partial charge in [0.15, 0.2) is 0 Å². The number of aromatic nitrogens is 1. The van der Waals surface area contributed by atoms with Crippen LogP contribution >= 0.6 is 11.6 Å². The van der Waals surface area contributed by atoms with Crippen LogP contribution in [0, 0.1) is 5.41 Å². The standard InChI is InChI=1S/C17H19ClN2O/c18-14-2-1-3-15-13(14)4-5-16(19-15)20-9-6-17(7-10-20)8-11-21-12-17/h1-5H,6-12H2. The first kappa shape index (κ1) is 13.4. The highest BCUT2D eigenvalue weighted by atomic mass is 35.5. The monoisotopic (exact) mass is 302 g/mol. The van der Waals surface area contributed by atoms with Gasteiger partial charge in [0.05, 0.1) is 12.1 Å². The molecule has 0 saturated carbocycles. The average molecular weight is 303 g/mol. The first-order valence-electron chi connectivity index (χ1n) is 7.64. The molecule has 2 aromatic rings. The van der Waals surface area contributed by atoms with Crippen LogP contribution in [0.25, 0.3) is 10.9 Å². The summed E-state index contributed by atoms with van der Waals surface area (Å²) in [6, 6.07) is 10.1. The molecule has 1 aromatic carbocycles. The molecule has 2 aliphatic heterocycles. The van der Waals surface area contributed by atoms with E-state index in [9.17, 15) is 0 Å². The van der Waals surface area contributed by atoms with E-state index in [4.69, 9.17) is 21.3 Å². The number of halogens is 1. The fraction of sp³-hybridized carbons (Fsp3) is 0.471. The number of nitrogens with zero attached hydrogens (tertiary/aromatic N) is 2. The van der Waals surface area contributed by atoms with Gasteiger partial charge in [0.2, 0.25) is 0 Å². The van der Waals surface area contributed by atoms with Crippen LogP contribution in [0.1, 0.15) is 19.3 Å². The largest absolute Gasteiger partial charge is 0.381 e. The van der Waals surface area contributed by atoms with E-state index in [0.717, 1.165) is 48.0 Å². The molecule has 1 spiro atoms. The second-order valence-corrected chi connectivity index (χ2v) is 6.67. The molecular weight excluding hydrogens is 284 g/mol. The summed E-state index contributed by atoms with van der Waals surface area (Å²) in [5, 5.41) is 1.80. The van der Waals surface area contributed by atoms with E-state index in [0.29, 0.717) is 5.41 Å². The van der Waals surface area contributed by atoms with Crippen LogP contribution in [0.15, 0.2) is 30.3 Å². The number of benzene rings is 1. The van der Waals surface area contributed by atoms with Crippen molar-refractivity contribution >= 4 is 28.3 Å². The minimum Gasteiger partial charge on any atom is -0.381 e. The molecule has 2 aliphatic rings. The van der Waals surface area contributed by atoms with Gasteiger partial charge in [-0.1, -0.05) is 17.7 Å². The molecule has 1 aromatic heterocycles. The van der Waals surface area contributed by atoms with Crippen molar-refractivity contribution in [1.82, 2.24) is 4.98 Å². The number of anilines is 1. The molecule has 21 heavy (non-hydrogen) atoms. The number of hydrogen-bond acceptors (Lipinski definition) is 3. The van der Waals surface area contributed by atoms with E-state index in [1.807, 2.05) is 18.2 Å². The lowest BCUT2D eigenvalue weighted by molar-refractivity contribution is 0.133. The Kier molecular flexibility index (Phi) is 3.27. The molecule has 4 rings (SSSR count). The number of pyridine rings is 1. The number of ether oxygens (including phenoxy) is 1. The summed E-state index contributed by atoms with van der Waals surface area (Å²) in [5.41, 5.74) is 1.42. The Morgan fingerprint density at radius 1 is 1.10 bits per heavy atom. The van der Waals surface area contributed by atoms with Gasteiger partial charge in [0.1, 0.15) is 5.82 Å². The Hall–Kier alpha value is -1.32. The summed E-state index contributed by atoms with van der Waals surface area (Å²) in [6.07, 6.45) is 3.64. The highest BCUT2D eigenvalue weighted by Gasteiger charge is 2.38. The van der Waals surface area contributed by atoms with Crippen molar-refractivity contribution in [3.63, 3.8) is 0 Å². The normalized spacial score (nSPS) is 21.3. The summed E-state index contributed by atoms with van der Waals surface area (Å²) in [7, 11) is 0. The molecule has 0 unspecified atom stereocenters. The number of rotatable bonds is 1. The molecule has 3 heterocycles. The van der Waals surface area contributed by atoms with E-state index in [1.165, 1.54) is 19.3 Å². The molecule has 0 aliphatic carbocycles. The SMILES string of the molecule is Clc1cccc2nc(N3CCC4(CCOC4)CC3)ccc12. The van der Waals surface area contributed by atoms with Crippen LogP contribution in [-0.2, 0) is 4.74 Å². The van der Waals surface area contributed by atoms with Crippen molar-refractivity contribution in [3.8, 4) is 0 Å². The van der Waals surface area contributed by atoms with Crippen LogP contribution in [0.5, 0.6) is 0 Å². The molecular formula is C17H19ClN2O. The van der Waals surface area contributed by atoms with E-state index >= 15 is 0 Å². The quantitative estimate of drug-likeness (QED) is 0.799. The summed E-state index contributed by atoms with van der Waals surface area (Å²) >= 11 is 6.21. The van der Waals surface area contributed by atoms with E-state index in [2.05, 4.69) is 17.0 Å². The van der Waals surface area contributed by atoms with Crippen LogP contribution in [0.3, 0.4) is 0 Å². The Morgan fingerprint density at radius 2 is 1.95 bits per heavy atom. The maximum Gasteiger partial charge on any atom is 0.129 e. The highest BCUT2D eigenvalue weighted by molar-refractivity contribution is 6.35. The highest BCUT2D eigenvalue weighted by Crippen LogP contribution is 2.40. The number of hydrogen-bond donors (Lipinski definition) is 0. The third kappa shape index (κ3) is 2.39. The maximum absolute atomic E-state index is 6.21. The van der Waals surface area contributed by atoms with E-state index in [-0.39, 0.29) is 0 Å². The third-order valence-corrected chi connectivity index (χ3v) is 5.33. The first-order chi connectivity index (χ1) is 10.3. The average Bonchev–Trinajstić information content (AvgIpc) is 2.96. The topological polar surface area (TPSA) is 25.4 Å². The first-order valence-corrected chi connectivity index (χ1v) is 8.02. The Balaban J connectivity index is 1.57. The lowest BCUT2D eigenvalue weighted by Gasteiger charge is -2.38. The zero-order valence-corrected chi connectivity index (χ0v) is 12.8. The van der Waals surface area contributed by atoms with Gasteiger partial charge in [-0.3, -0.25) is 0 Å². The van der Waals surface area contributed by atoms with E-state index in [1.54, 1.807) is 0 Å². The lowest BCUT2D eigenvalue weighted by atomic mass is 9.78. The van der Waals surface area contributed by atoms with Gasteiger partial charge in [-0.05, 0) is 48.9 Å². The van der Waals surface area contributed by atoms with Gasteiger partial charge >= 0.3 is 0 Å². The fourth-order valence-corrected chi connectivity index (χ4v) is 3.77. The Morgan fingerprint density at radius 3 is 2.71 bits per heavy atom. The molecule has 0 radical (unpaired) electrons. The van der Waals surface area contributed by atoms with Crippen molar-refractivity contribution in [2.75, 3.05) is 31.2 Å². The fourth-order valence-electron chi connectivity index (χ4n) is 3.54. The maximum atomic E-state index is 6.21. The van der Waals surface area contributed by atoms with Gasteiger partial charge in [-0.15, -0.1) is 0 Å². The molecule has 3 nitrogen and oxygen atoms in total. The molecule has 4 heteroatoms. The Labute approximate surface area is 129 Å². The summed E-state index contributed by atoms with van der Waals surface area (Å²) in [5.74, 6) is 1.07. The van der Waals surface area contributed by atoms with Crippen LogP contribution in [-0.4, -0.2) is 31.3 Å². The van der Waals surface area contributed by atoms with Gasteiger partial charge < -0.3 is 9.64 Å². The molecule has 0 N–H and O–H groups in total. The predicted octanol–water partition coefficient (Wildman–Crippen LogP) is 3.90. The van der Waals surface area contributed by atoms with Gasteiger partial charge in [-0.25, -0.2) is 4.98 Å². The zero-order chi connectivity index (χ0) is 14.3. The molecule has 0 bridgehead atoms. The van der Waals surface area contributed by atoms with Crippen molar-refractivity contribution in [1.29, 1.82) is 0 Å². The summed E-state index contributed by atoms with van der Waals surface area (Å²) < 4.78 is 5.60.